The molecule has 1 fully saturated rings. The van der Waals surface area contributed by atoms with Crippen molar-refractivity contribution >= 4 is 35.0 Å². The van der Waals surface area contributed by atoms with E-state index in [1.807, 2.05) is 5.32 Å². The van der Waals surface area contributed by atoms with Crippen LogP contribution < -0.4 is 5.32 Å². The third kappa shape index (κ3) is 5.01. The number of benzene rings is 1. The van der Waals surface area contributed by atoms with Gasteiger partial charge < -0.3 is 10.2 Å². The van der Waals surface area contributed by atoms with Gasteiger partial charge in [-0.05, 0) is 31.0 Å². The highest BCUT2D eigenvalue weighted by atomic mass is 35.5. The molecule has 9 heteroatoms. The molecule has 1 aliphatic heterocycles. The number of likely N-dealkylation sites (tertiary alicyclic amines) is 1. The minimum atomic E-state index is -4.43. The Morgan fingerprint density at radius 3 is 2.42 bits per heavy atom. The number of carbonyl (C=O) groups is 2. The molecule has 2 amide bonds. The van der Waals surface area contributed by atoms with Crippen molar-refractivity contribution in [2.45, 2.75) is 19.0 Å². The number of carbonyl (C=O) groups excluding carboxylic acids is 2. The highest BCUT2D eigenvalue weighted by Crippen LogP contribution is 2.25. The van der Waals surface area contributed by atoms with Crippen molar-refractivity contribution in [3.8, 4) is 0 Å². The molecule has 0 saturated carbocycles. The monoisotopic (exact) mass is 382 g/mol. The Bertz CT molecular complexity index is 630. The van der Waals surface area contributed by atoms with Crippen molar-refractivity contribution in [2.75, 3.05) is 19.6 Å². The Morgan fingerprint density at radius 2 is 1.83 bits per heavy atom. The first-order chi connectivity index (χ1) is 11.2. The maximum absolute atomic E-state index is 12.4. The highest BCUT2D eigenvalue weighted by Gasteiger charge is 2.32. The number of halogens is 5. The number of hydrogen-bond donors (Lipinski definition) is 1. The minimum absolute atomic E-state index is 0.268. The normalized spacial score (nSPS) is 16.1. The molecule has 4 nitrogen and oxygen atoms in total. The number of hydrogen-bond acceptors (Lipinski definition) is 2. The molecule has 0 aromatic heterocycles. The van der Waals surface area contributed by atoms with Crippen LogP contribution in [0, 0.1) is 5.92 Å². The lowest BCUT2D eigenvalue weighted by Gasteiger charge is -2.31. The average Bonchev–Trinajstić information content (AvgIpc) is 2.53. The summed E-state index contributed by atoms with van der Waals surface area (Å²) in [6, 6.07) is 4.56. The molecule has 1 aromatic carbocycles. The van der Waals surface area contributed by atoms with E-state index in [2.05, 4.69) is 0 Å². The van der Waals surface area contributed by atoms with Gasteiger partial charge in [-0.2, -0.15) is 13.2 Å². The van der Waals surface area contributed by atoms with Crippen LogP contribution in [0.3, 0.4) is 0 Å². The second kappa shape index (κ2) is 7.61. The Hall–Kier alpha value is -1.47. The summed E-state index contributed by atoms with van der Waals surface area (Å²) in [7, 11) is 0. The van der Waals surface area contributed by atoms with Crippen molar-refractivity contribution < 1.29 is 22.8 Å². The van der Waals surface area contributed by atoms with Crippen molar-refractivity contribution in [1.29, 1.82) is 0 Å². The predicted molar refractivity (Wildman–Crippen MR) is 84.2 cm³/mol. The highest BCUT2D eigenvalue weighted by molar-refractivity contribution is 6.35. The molecule has 24 heavy (non-hydrogen) atoms. The first-order valence-corrected chi connectivity index (χ1v) is 8.02. The fraction of sp³-hybridized carbons (Fsp3) is 0.467. The van der Waals surface area contributed by atoms with Crippen molar-refractivity contribution in [3.63, 3.8) is 0 Å². The molecule has 0 atom stereocenters. The van der Waals surface area contributed by atoms with E-state index in [9.17, 15) is 22.8 Å². The number of piperidine rings is 1. The van der Waals surface area contributed by atoms with E-state index >= 15 is 0 Å². The second-order valence-corrected chi connectivity index (χ2v) is 6.37. The molecule has 1 saturated heterocycles. The summed E-state index contributed by atoms with van der Waals surface area (Å²) in [6.45, 7) is -0.805. The Morgan fingerprint density at radius 1 is 1.21 bits per heavy atom. The molecule has 0 aliphatic carbocycles. The number of nitrogens with one attached hydrogen (secondary N) is 1. The maximum atomic E-state index is 12.4. The van der Waals surface area contributed by atoms with Gasteiger partial charge in [0.05, 0.1) is 10.6 Å². The lowest BCUT2D eigenvalue weighted by molar-refractivity contribution is -0.141. The van der Waals surface area contributed by atoms with E-state index in [0.29, 0.717) is 17.9 Å². The zero-order valence-electron chi connectivity index (χ0n) is 12.5. The van der Waals surface area contributed by atoms with Gasteiger partial charge in [-0.15, -0.1) is 0 Å². The average molecular weight is 383 g/mol. The zero-order valence-corrected chi connectivity index (χ0v) is 14.0. The SMILES string of the molecule is O=C(NCC(F)(F)F)C1CCN(C(=O)c2cc(Cl)ccc2Cl)CC1. The fourth-order valence-corrected chi connectivity index (χ4v) is 2.88. The Balaban J connectivity index is 1.91. The van der Waals surface area contributed by atoms with Crippen molar-refractivity contribution in [2.24, 2.45) is 5.92 Å². The van der Waals surface area contributed by atoms with Gasteiger partial charge >= 0.3 is 6.18 Å². The molecule has 1 aliphatic rings. The van der Waals surface area contributed by atoms with Gasteiger partial charge in [0.1, 0.15) is 6.54 Å². The molecule has 2 rings (SSSR count). The summed E-state index contributed by atoms with van der Waals surface area (Å²) >= 11 is 11.9. The van der Waals surface area contributed by atoms with Gasteiger partial charge in [0.2, 0.25) is 5.91 Å². The first-order valence-electron chi connectivity index (χ1n) is 7.26. The summed E-state index contributed by atoms with van der Waals surface area (Å²) < 4.78 is 36.4. The van der Waals surface area contributed by atoms with E-state index in [-0.39, 0.29) is 29.6 Å². The van der Waals surface area contributed by atoms with E-state index in [4.69, 9.17) is 23.2 Å². The number of alkyl halides is 3. The van der Waals surface area contributed by atoms with Crippen LogP contribution in [0.25, 0.3) is 0 Å². The van der Waals surface area contributed by atoms with Crippen molar-refractivity contribution in [3.05, 3.63) is 33.8 Å². The van der Waals surface area contributed by atoms with Gasteiger partial charge in [-0.1, -0.05) is 23.2 Å². The van der Waals surface area contributed by atoms with Gasteiger partial charge in [-0.25, -0.2) is 0 Å². The van der Waals surface area contributed by atoms with E-state index in [0.717, 1.165) is 0 Å². The zero-order chi connectivity index (χ0) is 17.9. The van der Waals surface area contributed by atoms with Crippen LogP contribution in [0.5, 0.6) is 0 Å². The second-order valence-electron chi connectivity index (χ2n) is 5.52. The molecule has 1 heterocycles. The fourth-order valence-electron chi connectivity index (χ4n) is 2.51. The van der Waals surface area contributed by atoms with Crippen LogP contribution in [0.4, 0.5) is 13.2 Å². The van der Waals surface area contributed by atoms with E-state index in [1.54, 1.807) is 6.07 Å². The summed E-state index contributed by atoms with van der Waals surface area (Å²) in [6.07, 6.45) is -3.84. The third-order valence-electron chi connectivity index (χ3n) is 3.77. The van der Waals surface area contributed by atoms with Crippen LogP contribution in [0.1, 0.15) is 23.2 Å². The summed E-state index contributed by atoms with van der Waals surface area (Å²) in [4.78, 5) is 25.7. The van der Waals surface area contributed by atoms with E-state index < -0.39 is 24.5 Å². The molecular formula is C15H15Cl2F3N2O2. The summed E-state index contributed by atoms with van der Waals surface area (Å²) in [5.74, 6) is -1.48. The molecule has 0 unspecified atom stereocenters. The van der Waals surface area contributed by atoms with Crippen LogP contribution in [0.2, 0.25) is 10.0 Å². The van der Waals surface area contributed by atoms with Crippen LogP contribution in [-0.2, 0) is 4.79 Å². The van der Waals surface area contributed by atoms with Gasteiger partial charge in [0.25, 0.3) is 5.91 Å². The van der Waals surface area contributed by atoms with E-state index in [1.165, 1.54) is 17.0 Å². The third-order valence-corrected chi connectivity index (χ3v) is 4.34. The first kappa shape index (κ1) is 18.9. The quantitative estimate of drug-likeness (QED) is 0.869. The largest absolute Gasteiger partial charge is 0.405 e. The van der Waals surface area contributed by atoms with Gasteiger partial charge in [0.15, 0.2) is 0 Å². The Labute approximate surface area is 146 Å². The molecule has 0 spiro atoms. The molecule has 1 N–H and O–H groups in total. The smallest absolute Gasteiger partial charge is 0.347 e. The van der Waals surface area contributed by atoms with Gasteiger partial charge in [0, 0.05) is 24.0 Å². The predicted octanol–water partition coefficient (Wildman–Crippen LogP) is 3.52. The molecule has 132 valence electrons. The number of amides is 2. The Kier molecular flexibility index (Phi) is 5.98. The number of nitrogens with zero attached hydrogens (tertiary/aromatic N) is 1. The lowest BCUT2D eigenvalue weighted by Crippen LogP contribution is -2.44. The summed E-state index contributed by atoms with van der Waals surface area (Å²) in [5.41, 5.74) is 0.268. The van der Waals surface area contributed by atoms with Crippen LogP contribution >= 0.6 is 23.2 Å². The number of rotatable bonds is 3. The minimum Gasteiger partial charge on any atom is -0.347 e. The molecule has 0 radical (unpaired) electrons. The summed E-state index contributed by atoms with van der Waals surface area (Å²) in [5, 5.41) is 2.53. The van der Waals surface area contributed by atoms with Gasteiger partial charge in [-0.3, -0.25) is 9.59 Å². The van der Waals surface area contributed by atoms with Crippen molar-refractivity contribution in [1.82, 2.24) is 10.2 Å². The molecule has 1 aromatic rings. The molecule has 0 bridgehead atoms. The van der Waals surface area contributed by atoms with Crippen LogP contribution in [-0.4, -0.2) is 42.5 Å². The topological polar surface area (TPSA) is 49.4 Å². The lowest BCUT2D eigenvalue weighted by atomic mass is 9.95. The standard InChI is InChI=1S/C15H15Cl2F3N2O2/c16-10-1-2-12(17)11(7-10)14(24)22-5-3-9(4-6-22)13(23)21-8-15(18,19)20/h1-2,7,9H,3-6,8H2,(H,21,23). The maximum Gasteiger partial charge on any atom is 0.405 e. The molecular weight excluding hydrogens is 368 g/mol. The van der Waals surface area contributed by atoms with Crippen LogP contribution in [0.15, 0.2) is 18.2 Å².